The van der Waals surface area contributed by atoms with E-state index >= 15 is 0 Å². The van der Waals surface area contributed by atoms with Crippen molar-refractivity contribution in [3.63, 3.8) is 0 Å². The molecule has 3 rings (SSSR count). The number of carbonyl (C=O) groups excluding carboxylic acids is 2. The second-order valence-electron chi connectivity index (χ2n) is 4.97. The molecule has 1 saturated heterocycles. The molecule has 2 heterocycles. The van der Waals surface area contributed by atoms with E-state index in [0.717, 1.165) is 4.90 Å². The zero-order valence-corrected chi connectivity index (χ0v) is 11.3. The van der Waals surface area contributed by atoms with Gasteiger partial charge in [-0.2, -0.15) is 0 Å². The maximum absolute atomic E-state index is 12.4. The smallest absolute Gasteiger partial charge is 0.261 e. The Morgan fingerprint density at radius 3 is 2.29 bits per heavy atom. The monoisotopic (exact) mass is 293 g/mol. The number of hydrogen-bond acceptors (Lipinski definition) is 6. The highest BCUT2D eigenvalue weighted by atomic mass is 16.7. The summed E-state index contributed by atoms with van der Waals surface area (Å²) < 4.78 is 10.3. The summed E-state index contributed by atoms with van der Waals surface area (Å²) in [7, 11) is 1.34. The number of amides is 2. The van der Waals surface area contributed by atoms with Crippen molar-refractivity contribution in [1.29, 1.82) is 0 Å². The molecular formula is C14H15NO6. The van der Waals surface area contributed by atoms with Gasteiger partial charge in [0, 0.05) is 7.11 Å². The number of benzene rings is 1. The van der Waals surface area contributed by atoms with Gasteiger partial charge >= 0.3 is 0 Å². The van der Waals surface area contributed by atoms with E-state index in [1.54, 1.807) is 24.3 Å². The van der Waals surface area contributed by atoms with Gasteiger partial charge in [0.05, 0.1) is 23.8 Å². The number of carbonyl (C=O) groups is 2. The van der Waals surface area contributed by atoms with Crippen LogP contribution in [0, 0.1) is 0 Å². The Morgan fingerprint density at radius 2 is 1.81 bits per heavy atom. The van der Waals surface area contributed by atoms with Gasteiger partial charge in [0.2, 0.25) is 0 Å². The minimum Gasteiger partial charge on any atom is -0.394 e. The lowest BCUT2D eigenvalue weighted by Crippen LogP contribution is -2.51. The fourth-order valence-electron chi connectivity index (χ4n) is 2.86. The second-order valence-corrected chi connectivity index (χ2v) is 4.97. The molecule has 2 aliphatic rings. The van der Waals surface area contributed by atoms with E-state index in [9.17, 15) is 19.8 Å². The van der Waals surface area contributed by atoms with Crippen LogP contribution in [0.4, 0.5) is 0 Å². The number of imide groups is 1. The normalized spacial score (nSPS) is 31.9. The van der Waals surface area contributed by atoms with Crippen LogP contribution in [0.3, 0.4) is 0 Å². The predicted molar refractivity (Wildman–Crippen MR) is 69.5 cm³/mol. The third-order valence-electron chi connectivity index (χ3n) is 3.85. The number of aliphatic hydroxyl groups is 2. The van der Waals surface area contributed by atoms with Crippen molar-refractivity contribution in [2.75, 3.05) is 13.7 Å². The van der Waals surface area contributed by atoms with Crippen LogP contribution in [0.25, 0.3) is 0 Å². The highest BCUT2D eigenvalue weighted by molar-refractivity contribution is 6.21. The third kappa shape index (κ3) is 1.97. The highest BCUT2D eigenvalue weighted by Gasteiger charge is 2.52. The number of rotatable bonds is 3. The molecule has 1 aromatic carbocycles. The Kier molecular flexibility index (Phi) is 3.50. The molecule has 1 unspecified atom stereocenters. The molecule has 7 nitrogen and oxygen atoms in total. The van der Waals surface area contributed by atoms with Crippen LogP contribution < -0.4 is 0 Å². The molecule has 0 radical (unpaired) electrons. The van der Waals surface area contributed by atoms with E-state index in [1.165, 1.54) is 7.11 Å². The SMILES string of the molecule is CO[C@@H]1O[C@H](CO)[C@H](N2C(=O)c3ccccc3C2=O)C1O. The predicted octanol–water partition coefficient (Wildman–Crippen LogP) is -0.624. The van der Waals surface area contributed by atoms with Gasteiger partial charge in [-0.15, -0.1) is 0 Å². The number of fused-ring (bicyclic) bond motifs is 1. The molecule has 112 valence electrons. The van der Waals surface area contributed by atoms with Gasteiger partial charge in [0.25, 0.3) is 11.8 Å². The lowest BCUT2D eigenvalue weighted by molar-refractivity contribution is -0.153. The van der Waals surface area contributed by atoms with Gasteiger partial charge in [-0.05, 0) is 12.1 Å². The van der Waals surface area contributed by atoms with Crippen LogP contribution in [0.15, 0.2) is 24.3 Å². The van der Waals surface area contributed by atoms with Crippen LogP contribution in [0.1, 0.15) is 20.7 Å². The van der Waals surface area contributed by atoms with Gasteiger partial charge in [-0.3, -0.25) is 14.5 Å². The molecule has 1 aromatic rings. The summed E-state index contributed by atoms with van der Waals surface area (Å²) in [6, 6.07) is 5.46. The number of hydrogen-bond donors (Lipinski definition) is 2. The van der Waals surface area contributed by atoms with Gasteiger partial charge in [0.1, 0.15) is 12.2 Å². The van der Waals surface area contributed by atoms with E-state index in [-0.39, 0.29) is 11.1 Å². The summed E-state index contributed by atoms with van der Waals surface area (Å²) in [4.78, 5) is 25.8. The molecule has 4 atom stereocenters. The molecule has 0 aromatic heterocycles. The summed E-state index contributed by atoms with van der Waals surface area (Å²) >= 11 is 0. The molecule has 21 heavy (non-hydrogen) atoms. The summed E-state index contributed by atoms with van der Waals surface area (Å²) in [6.07, 6.45) is -3.09. The van der Waals surface area contributed by atoms with Gasteiger partial charge in [-0.25, -0.2) is 0 Å². The largest absolute Gasteiger partial charge is 0.394 e. The zero-order chi connectivity index (χ0) is 15.1. The fourth-order valence-corrected chi connectivity index (χ4v) is 2.86. The molecular weight excluding hydrogens is 278 g/mol. The Balaban J connectivity index is 1.98. The van der Waals surface area contributed by atoms with E-state index in [0.29, 0.717) is 0 Å². The van der Waals surface area contributed by atoms with Crippen molar-refractivity contribution in [3.05, 3.63) is 35.4 Å². The van der Waals surface area contributed by atoms with Crippen molar-refractivity contribution >= 4 is 11.8 Å². The van der Waals surface area contributed by atoms with Gasteiger partial charge < -0.3 is 19.7 Å². The first kappa shape index (κ1) is 14.2. The van der Waals surface area contributed by atoms with Crippen molar-refractivity contribution in [1.82, 2.24) is 4.90 Å². The van der Waals surface area contributed by atoms with E-state index in [2.05, 4.69) is 0 Å². The summed E-state index contributed by atoms with van der Waals surface area (Å²) in [5, 5.41) is 19.6. The lowest BCUT2D eigenvalue weighted by atomic mass is 10.1. The minimum absolute atomic E-state index is 0.284. The van der Waals surface area contributed by atoms with Crippen LogP contribution in [-0.2, 0) is 9.47 Å². The molecule has 0 saturated carbocycles. The quantitative estimate of drug-likeness (QED) is 0.721. The molecule has 2 amide bonds. The first-order valence-electron chi connectivity index (χ1n) is 6.54. The van der Waals surface area contributed by atoms with E-state index in [4.69, 9.17) is 9.47 Å². The summed E-state index contributed by atoms with van der Waals surface area (Å²) in [6.45, 7) is -0.436. The van der Waals surface area contributed by atoms with Crippen LogP contribution in [0.2, 0.25) is 0 Å². The first-order valence-corrected chi connectivity index (χ1v) is 6.54. The molecule has 0 bridgehead atoms. The van der Waals surface area contributed by atoms with Crippen molar-refractivity contribution in [2.45, 2.75) is 24.5 Å². The number of ether oxygens (including phenoxy) is 2. The topological polar surface area (TPSA) is 96.3 Å². The van der Waals surface area contributed by atoms with Gasteiger partial charge in [0.15, 0.2) is 6.29 Å². The average molecular weight is 293 g/mol. The third-order valence-corrected chi connectivity index (χ3v) is 3.85. The van der Waals surface area contributed by atoms with Crippen molar-refractivity contribution in [2.24, 2.45) is 0 Å². The Morgan fingerprint density at radius 1 is 1.24 bits per heavy atom. The number of aliphatic hydroxyl groups excluding tert-OH is 2. The van der Waals surface area contributed by atoms with E-state index in [1.807, 2.05) is 0 Å². The molecule has 0 aliphatic carbocycles. The molecule has 2 aliphatic heterocycles. The minimum atomic E-state index is -1.21. The van der Waals surface area contributed by atoms with Crippen LogP contribution in [0.5, 0.6) is 0 Å². The average Bonchev–Trinajstić information content (AvgIpc) is 2.95. The fraction of sp³-hybridized carbons (Fsp3) is 0.429. The first-order chi connectivity index (χ1) is 10.1. The lowest BCUT2D eigenvalue weighted by Gasteiger charge is -2.27. The van der Waals surface area contributed by atoms with Crippen LogP contribution >= 0.6 is 0 Å². The maximum atomic E-state index is 12.4. The molecule has 0 spiro atoms. The Bertz CT molecular complexity index is 552. The maximum Gasteiger partial charge on any atom is 0.261 e. The summed E-state index contributed by atoms with van der Waals surface area (Å²) in [5.41, 5.74) is 0.569. The standard InChI is InChI=1S/C14H15NO6/c1-20-14-11(17)10(9(6-16)21-14)15-12(18)7-4-2-3-5-8(7)13(15)19/h2-5,9-11,14,16-17H,6H2,1H3/t9-,10+,11?,14-/m1/s1. The second kappa shape index (κ2) is 5.19. The number of nitrogens with zero attached hydrogens (tertiary/aromatic N) is 1. The highest BCUT2D eigenvalue weighted by Crippen LogP contribution is 2.32. The molecule has 2 N–H and O–H groups in total. The van der Waals surface area contributed by atoms with Gasteiger partial charge in [-0.1, -0.05) is 12.1 Å². The summed E-state index contributed by atoms with van der Waals surface area (Å²) in [5.74, 6) is -1.00. The Labute approximate surface area is 120 Å². The van der Waals surface area contributed by atoms with Crippen LogP contribution in [-0.4, -0.2) is 65.2 Å². The zero-order valence-electron chi connectivity index (χ0n) is 11.3. The Hall–Kier alpha value is -1.80. The van der Waals surface area contributed by atoms with Crippen molar-refractivity contribution < 1.29 is 29.3 Å². The van der Waals surface area contributed by atoms with Crippen molar-refractivity contribution in [3.8, 4) is 0 Å². The number of methoxy groups -OCH3 is 1. The van der Waals surface area contributed by atoms with E-state index < -0.39 is 43.0 Å². The molecule has 7 heteroatoms. The molecule has 1 fully saturated rings.